The van der Waals surface area contributed by atoms with Crippen molar-refractivity contribution in [1.29, 1.82) is 0 Å². The van der Waals surface area contributed by atoms with E-state index < -0.39 is 0 Å². The van der Waals surface area contributed by atoms with E-state index in [1.807, 2.05) is 0 Å². The van der Waals surface area contributed by atoms with Gasteiger partial charge in [0.05, 0.1) is 6.61 Å². The van der Waals surface area contributed by atoms with Gasteiger partial charge in [0, 0.05) is 12.6 Å². The second-order valence-corrected chi connectivity index (χ2v) is 3.31. The predicted molar refractivity (Wildman–Crippen MR) is 43.2 cm³/mol. The molecule has 0 spiro atoms. The minimum absolute atomic E-state index is 0.693. The molecule has 0 atom stereocenters. The van der Waals surface area contributed by atoms with Crippen molar-refractivity contribution in [2.24, 2.45) is 0 Å². The molecule has 0 aromatic rings. The Morgan fingerprint density at radius 3 is 2.73 bits per heavy atom. The molecule has 1 N–H and O–H groups in total. The summed E-state index contributed by atoms with van der Waals surface area (Å²) in [5.74, 6) is 0. The second kappa shape index (κ2) is 3.52. The topological polar surface area (TPSA) is 24.5 Å². The van der Waals surface area contributed by atoms with E-state index in [0.717, 1.165) is 26.2 Å². The van der Waals surface area contributed by atoms with E-state index in [4.69, 9.17) is 4.84 Å². The molecule has 0 bridgehead atoms. The molecule has 11 heavy (non-hydrogen) atoms. The van der Waals surface area contributed by atoms with E-state index >= 15 is 0 Å². The Labute approximate surface area is 67.7 Å². The van der Waals surface area contributed by atoms with Crippen LogP contribution in [0.15, 0.2) is 0 Å². The Kier molecular flexibility index (Phi) is 2.41. The monoisotopic (exact) mass is 156 g/mol. The lowest BCUT2D eigenvalue weighted by Gasteiger charge is -2.29. The summed E-state index contributed by atoms with van der Waals surface area (Å²) in [6.07, 6.45) is 3.71. The molecule has 2 aliphatic rings. The number of hydrogen-bond acceptors (Lipinski definition) is 3. The van der Waals surface area contributed by atoms with Gasteiger partial charge in [-0.1, -0.05) is 0 Å². The molecule has 0 saturated carbocycles. The fourth-order valence-electron chi connectivity index (χ4n) is 1.85. The molecule has 3 nitrogen and oxygen atoms in total. The van der Waals surface area contributed by atoms with E-state index in [2.05, 4.69) is 10.4 Å². The summed E-state index contributed by atoms with van der Waals surface area (Å²) >= 11 is 0. The van der Waals surface area contributed by atoms with Crippen molar-refractivity contribution in [3.63, 3.8) is 0 Å². The van der Waals surface area contributed by atoms with Crippen LogP contribution in [0, 0.1) is 0 Å². The highest BCUT2D eigenvalue weighted by atomic mass is 16.7. The summed E-state index contributed by atoms with van der Waals surface area (Å²) in [5.41, 5.74) is 0. The minimum atomic E-state index is 0.693. The molecule has 64 valence electrons. The van der Waals surface area contributed by atoms with Gasteiger partial charge in [0.25, 0.3) is 0 Å². The van der Waals surface area contributed by atoms with Gasteiger partial charge in [-0.15, -0.1) is 0 Å². The Balaban J connectivity index is 1.82. The summed E-state index contributed by atoms with van der Waals surface area (Å²) in [6.45, 7) is 4.39. The number of nitrogens with one attached hydrogen (secondary N) is 1. The molecular formula is C8H16N2O. The quantitative estimate of drug-likeness (QED) is 0.594. The smallest absolute Gasteiger partial charge is 0.0698 e. The van der Waals surface area contributed by atoms with Gasteiger partial charge in [0.2, 0.25) is 0 Å². The van der Waals surface area contributed by atoms with Crippen LogP contribution >= 0.6 is 0 Å². The van der Waals surface area contributed by atoms with Crippen LogP contribution in [0.1, 0.15) is 19.3 Å². The molecule has 2 heterocycles. The molecular weight excluding hydrogens is 140 g/mol. The molecule has 3 heteroatoms. The summed E-state index contributed by atoms with van der Waals surface area (Å²) in [6, 6.07) is 0.693. The van der Waals surface area contributed by atoms with Crippen LogP contribution in [0.3, 0.4) is 0 Å². The zero-order chi connectivity index (χ0) is 7.52. The van der Waals surface area contributed by atoms with Crippen molar-refractivity contribution in [2.45, 2.75) is 25.3 Å². The third-order valence-corrected chi connectivity index (χ3v) is 2.50. The zero-order valence-corrected chi connectivity index (χ0v) is 6.88. The molecule has 2 aliphatic heterocycles. The Morgan fingerprint density at radius 1 is 1.27 bits per heavy atom. The average molecular weight is 156 g/mol. The largest absolute Gasteiger partial charge is 0.317 e. The second-order valence-electron chi connectivity index (χ2n) is 3.31. The Hall–Kier alpha value is -0.120. The van der Waals surface area contributed by atoms with Gasteiger partial charge in [-0.05, 0) is 32.4 Å². The number of piperidine rings is 1. The molecule has 0 aromatic carbocycles. The Bertz CT molecular complexity index is 117. The van der Waals surface area contributed by atoms with Crippen molar-refractivity contribution in [3.8, 4) is 0 Å². The first-order valence-electron chi connectivity index (χ1n) is 4.57. The average Bonchev–Trinajstić information content (AvgIpc) is 2.58. The van der Waals surface area contributed by atoms with E-state index in [1.165, 1.54) is 19.3 Å². The first-order valence-corrected chi connectivity index (χ1v) is 4.57. The van der Waals surface area contributed by atoms with Gasteiger partial charge in [0.15, 0.2) is 0 Å². The first-order chi connectivity index (χ1) is 5.47. The van der Waals surface area contributed by atoms with Crippen LogP contribution in [0.25, 0.3) is 0 Å². The summed E-state index contributed by atoms with van der Waals surface area (Å²) < 4.78 is 0. The van der Waals surface area contributed by atoms with Crippen LogP contribution in [0.5, 0.6) is 0 Å². The number of hydroxylamine groups is 2. The van der Waals surface area contributed by atoms with E-state index in [9.17, 15) is 0 Å². The number of nitrogens with zero attached hydrogens (tertiary/aromatic N) is 1. The predicted octanol–water partition coefficient (Wildman–Crippen LogP) is 0.376. The van der Waals surface area contributed by atoms with Crippen molar-refractivity contribution < 1.29 is 4.84 Å². The number of rotatable bonds is 1. The molecule has 0 aromatic heterocycles. The maximum atomic E-state index is 5.50. The molecule has 0 amide bonds. The van der Waals surface area contributed by atoms with Gasteiger partial charge in [0.1, 0.15) is 0 Å². The SMILES string of the molecule is C1CON(C2CCNCC2)C1. The molecule has 0 aliphatic carbocycles. The van der Waals surface area contributed by atoms with E-state index in [0.29, 0.717) is 6.04 Å². The normalized spacial score (nSPS) is 29.5. The van der Waals surface area contributed by atoms with Gasteiger partial charge in [-0.2, -0.15) is 5.06 Å². The van der Waals surface area contributed by atoms with Crippen molar-refractivity contribution >= 4 is 0 Å². The van der Waals surface area contributed by atoms with E-state index in [-0.39, 0.29) is 0 Å². The van der Waals surface area contributed by atoms with Crippen LogP contribution in [-0.4, -0.2) is 37.3 Å². The lowest BCUT2D eigenvalue weighted by Crippen LogP contribution is -2.41. The van der Waals surface area contributed by atoms with Crippen molar-refractivity contribution in [1.82, 2.24) is 10.4 Å². The summed E-state index contributed by atoms with van der Waals surface area (Å²) in [7, 11) is 0. The van der Waals surface area contributed by atoms with Crippen LogP contribution in [-0.2, 0) is 4.84 Å². The molecule has 2 rings (SSSR count). The van der Waals surface area contributed by atoms with E-state index in [1.54, 1.807) is 0 Å². The molecule has 0 unspecified atom stereocenters. The highest BCUT2D eigenvalue weighted by Gasteiger charge is 2.24. The highest BCUT2D eigenvalue weighted by molar-refractivity contribution is 4.75. The molecule has 2 saturated heterocycles. The lowest BCUT2D eigenvalue weighted by atomic mass is 10.1. The van der Waals surface area contributed by atoms with Crippen LogP contribution < -0.4 is 5.32 Å². The third kappa shape index (κ3) is 1.72. The fraction of sp³-hybridized carbons (Fsp3) is 1.00. The zero-order valence-electron chi connectivity index (χ0n) is 6.88. The maximum Gasteiger partial charge on any atom is 0.0698 e. The van der Waals surface area contributed by atoms with Crippen LogP contribution in [0.2, 0.25) is 0 Å². The Morgan fingerprint density at radius 2 is 2.09 bits per heavy atom. The first kappa shape index (κ1) is 7.53. The van der Waals surface area contributed by atoms with Crippen molar-refractivity contribution in [2.75, 3.05) is 26.2 Å². The van der Waals surface area contributed by atoms with Gasteiger partial charge < -0.3 is 5.32 Å². The fourth-order valence-corrected chi connectivity index (χ4v) is 1.85. The standard InChI is InChI=1S/C8H16N2O/c1-6-10(11-7-1)8-2-4-9-5-3-8/h8-9H,1-7H2. The number of hydrogen-bond donors (Lipinski definition) is 1. The van der Waals surface area contributed by atoms with Gasteiger partial charge in [-0.3, -0.25) is 4.84 Å². The third-order valence-electron chi connectivity index (χ3n) is 2.50. The summed E-state index contributed by atoms with van der Waals surface area (Å²) in [4.78, 5) is 5.50. The minimum Gasteiger partial charge on any atom is -0.317 e. The maximum absolute atomic E-state index is 5.50. The van der Waals surface area contributed by atoms with Gasteiger partial charge in [-0.25, -0.2) is 0 Å². The van der Waals surface area contributed by atoms with Crippen LogP contribution in [0.4, 0.5) is 0 Å². The molecule has 0 radical (unpaired) electrons. The molecule has 2 fully saturated rings. The van der Waals surface area contributed by atoms with Gasteiger partial charge >= 0.3 is 0 Å². The lowest BCUT2D eigenvalue weighted by molar-refractivity contribution is -0.146. The van der Waals surface area contributed by atoms with Crippen molar-refractivity contribution in [3.05, 3.63) is 0 Å². The highest BCUT2D eigenvalue weighted by Crippen LogP contribution is 2.16. The summed E-state index contributed by atoms with van der Waals surface area (Å²) in [5, 5.41) is 5.54.